The van der Waals surface area contributed by atoms with Crippen LogP contribution < -0.4 is 0 Å². The molecule has 5 atom stereocenters. The Labute approximate surface area is 537 Å². The van der Waals surface area contributed by atoms with Crippen molar-refractivity contribution in [2.45, 2.75) is 356 Å². The Balaban J connectivity index is 5.19. The number of hydrogen-bond acceptors (Lipinski definition) is 15. The number of hydrogen-bond donors (Lipinski definition) is 3. The summed E-state index contributed by atoms with van der Waals surface area (Å²) in [6.45, 7) is 14.0. The van der Waals surface area contributed by atoms with Crippen LogP contribution in [0.3, 0.4) is 0 Å². The Kier molecular flexibility index (Phi) is 57.6. The smallest absolute Gasteiger partial charge is 0.462 e. The topological polar surface area (TPSA) is 237 Å². The second-order valence-corrected chi connectivity index (χ2v) is 29.7. The summed E-state index contributed by atoms with van der Waals surface area (Å²) in [5.41, 5.74) is 0. The Morgan fingerprint density at radius 1 is 0.284 bits per heavy atom. The molecule has 0 fully saturated rings. The molecule has 17 nitrogen and oxygen atoms in total. The lowest BCUT2D eigenvalue weighted by Crippen LogP contribution is -2.30. The van der Waals surface area contributed by atoms with E-state index < -0.39 is 97.5 Å². The summed E-state index contributed by atoms with van der Waals surface area (Å²) in [7, 11) is -9.90. The first-order chi connectivity index (χ1) is 42.1. The van der Waals surface area contributed by atoms with Crippen molar-refractivity contribution in [1.82, 2.24) is 0 Å². The minimum atomic E-state index is -4.95. The van der Waals surface area contributed by atoms with Crippen molar-refractivity contribution in [1.29, 1.82) is 0 Å². The van der Waals surface area contributed by atoms with E-state index in [1.54, 1.807) is 0 Å². The van der Waals surface area contributed by atoms with Crippen LogP contribution in [0, 0.1) is 23.7 Å². The van der Waals surface area contributed by atoms with Gasteiger partial charge in [-0.25, -0.2) is 9.13 Å². The van der Waals surface area contributed by atoms with Crippen LogP contribution in [-0.4, -0.2) is 96.7 Å². The van der Waals surface area contributed by atoms with Gasteiger partial charge in [-0.05, 0) is 49.4 Å². The largest absolute Gasteiger partial charge is 0.472 e. The van der Waals surface area contributed by atoms with E-state index in [0.29, 0.717) is 37.5 Å². The van der Waals surface area contributed by atoms with Crippen molar-refractivity contribution >= 4 is 39.5 Å². The normalized spacial score (nSPS) is 14.3. The number of carbonyl (C=O) groups excluding carboxylic acids is 4. The summed E-state index contributed by atoms with van der Waals surface area (Å²) in [6.07, 6.45) is 40.6. The van der Waals surface area contributed by atoms with Crippen molar-refractivity contribution in [3.05, 3.63) is 0 Å². The number of aliphatic hydroxyl groups is 1. The van der Waals surface area contributed by atoms with Gasteiger partial charge in [0.25, 0.3) is 0 Å². The molecule has 0 aliphatic carbocycles. The maximum absolute atomic E-state index is 13.0. The summed E-state index contributed by atoms with van der Waals surface area (Å²) in [5.74, 6) is 0.776. The van der Waals surface area contributed by atoms with Crippen LogP contribution in [0.4, 0.5) is 0 Å². The number of phosphoric ester groups is 2. The molecular weight excluding hydrogens is 1160 g/mol. The fourth-order valence-corrected chi connectivity index (χ4v) is 11.9. The van der Waals surface area contributed by atoms with Crippen molar-refractivity contribution in [2.75, 3.05) is 39.6 Å². The minimum absolute atomic E-state index is 0.103. The molecule has 522 valence electrons. The molecule has 0 aromatic carbocycles. The zero-order chi connectivity index (χ0) is 65.4. The van der Waals surface area contributed by atoms with Gasteiger partial charge in [-0.2, -0.15) is 0 Å². The lowest BCUT2D eigenvalue weighted by molar-refractivity contribution is -0.161. The Morgan fingerprint density at radius 2 is 0.477 bits per heavy atom. The van der Waals surface area contributed by atoms with Crippen LogP contribution in [0.25, 0.3) is 0 Å². The summed E-state index contributed by atoms with van der Waals surface area (Å²) >= 11 is 0. The number of carbonyl (C=O) groups is 4. The fourth-order valence-electron chi connectivity index (χ4n) is 10.3. The molecule has 0 radical (unpaired) electrons. The number of rotatable bonds is 66. The number of esters is 4. The number of phosphoric acid groups is 2. The second kappa shape index (κ2) is 58.8. The molecule has 0 heterocycles. The van der Waals surface area contributed by atoms with Gasteiger partial charge in [0.2, 0.25) is 0 Å². The van der Waals surface area contributed by atoms with Gasteiger partial charge < -0.3 is 33.8 Å². The molecule has 0 rings (SSSR count). The highest BCUT2D eigenvalue weighted by Gasteiger charge is 2.30. The highest BCUT2D eigenvalue weighted by molar-refractivity contribution is 7.47. The summed E-state index contributed by atoms with van der Waals surface area (Å²) in [4.78, 5) is 72.4. The molecule has 0 aliphatic heterocycles. The Hall–Kier alpha value is -1.94. The molecule has 0 spiro atoms. The van der Waals surface area contributed by atoms with Gasteiger partial charge >= 0.3 is 39.5 Å². The standard InChI is InChI=1S/C69H134O17P2/c1-59(2)45-37-29-21-16-13-11-9-10-12-14-18-24-33-41-49-66(71)79-55-64(86-69(74)52-44-36-26-20-23-31-39-47-61(5)6)57-83-87(75,76)81-53-63(70)54-82-88(77,78)84-58-65(56-80-67(72)50-42-34-28-27-32-40-48-62(7)8)85-68(73)51-43-35-25-19-15-17-22-30-38-46-60(3)4/h59-65,70H,9-58H2,1-8H3,(H,75,76)(H,77,78)/t63-,64-,65-/m1/s1. The van der Waals surface area contributed by atoms with Gasteiger partial charge in [0.05, 0.1) is 26.4 Å². The van der Waals surface area contributed by atoms with E-state index in [2.05, 4.69) is 55.4 Å². The van der Waals surface area contributed by atoms with E-state index in [9.17, 15) is 43.2 Å². The minimum Gasteiger partial charge on any atom is -0.462 e. The zero-order valence-corrected chi connectivity index (χ0v) is 59.1. The van der Waals surface area contributed by atoms with E-state index in [1.165, 1.54) is 135 Å². The molecule has 0 saturated heterocycles. The molecule has 0 aliphatic rings. The number of unbranched alkanes of at least 4 members (excludes halogenated alkanes) is 32. The molecule has 0 saturated carbocycles. The summed E-state index contributed by atoms with van der Waals surface area (Å²) in [5, 5.41) is 10.6. The summed E-state index contributed by atoms with van der Waals surface area (Å²) < 4.78 is 68.2. The second-order valence-electron chi connectivity index (χ2n) is 26.8. The average molecular weight is 1300 g/mol. The van der Waals surface area contributed by atoms with Crippen LogP contribution in [0.5, 0.6) is 0 Å². The fraction of sp³-hybridized carbons (Fsp3) is 0.942. The van der Waals surface area contributed by atoms with Gasteiger partial charge in [0, 0.05) is 25.7 Å². The lowest BCUT2D eigenvalue weighted by Gasteiger charge is -2.21. The van der Waals surface area contributed by atoms with Gasteiger partial charge in [-0.15, -0.1) is 0 Å². The number of aliphatic hydroxyl groups excluding tert-OH is 1. The maximum Gasteiger partial charge on any atom is 0.472 e. The molecule has 3 N–H and O–H groups in total. The van der Waals surface area contributed by atoms with Gasteiger partial charge in [0.15, 0.2) is 12.2 Å². The van der Waals surface area contributed by atoms with Crippen LogP contribution in [0.15, 0.2) is 0 Å². The van der Waals surface area contributed by atoms with Crippen LogP contribution in [0.1, 0.15) is 338 Å². The third-order valence-electron chi connectivity index (χ3n) is 15.8. The molecule has 88 heavy (non-hydrogen) atoms. The Bertz CT molecular complexity index is 1750. The average Bonchev–Trinajstić information content (AvgIpc) is 3.57. The van der Waals surface area contributed by atoms with E-state index in [0.717, 1.165) is 108 Å². The van der Waals surface area contributed by atoms with Gasteiger partial charge in [-0.1, -0.05) is 287 Å². The lowest BCUT2D eigenvalue weighted by atomic mass is 10.0. The highest BCUT2D eigenvalue weighted by Crippen LogP contribution is 2.45. The van der Waals surface area contributed by atoms with Gasteiger partial charge in [-0.3, -0.25) is 37.3 Å². The van der Waals surface area contributed by atoms with Crippen molar-refractivity contribution in [2.24, 2.45) is 23.7 Å². The first-order valence-electron chi connectivity index (χ1n) is 35.7. The molecule has 0 amide bonds. The van der Waals surface area contributed by atoms with Crippen LogP contribution in [0.2, 0.25) is 0 Å². The first-order valence-corrected chi connectivity index (χ1v) is 38.7. The SMILES string of the molecule is CC(C)CCCCCCCCCCCCCCCCC(=O)OC[C@H](COP(=O)(O)OC[C@@H](O)COP(=O)(O)OC[C@@H](COC(=O)CCCCCCCCC(C)C)OC(=O)CCCCCCCCCCCC(C)C)OC(=O)CCCCCCCCCC(C)C. The molecule has 0 bridgehead atoms. The van der Waals surface area contributed by atoms with E-state index >= 15 is 0 Å². The molecular formula is C69H134O17P2. The quantitative estimate of drug-likeness (QED) is 0.0222. The predicted octanol–water partition coefficient (Wildman–Crippen LogP) is 19.3. The van der Waals surface area contributed by atoms with Crippen molar-refractivity contribution in [3.8, 4) is 0 Å². The highest BCUT2D eigenvalue weighted by atomic mass is 31.2. The third-order valence-corrected chi connectivity index (χ3v) is 17.7. The molecule has 0 aromatic rings. The molecule has 2 unspecified atom stereocenters. The zero-order valence-electron chi connectivity index (χ0n) is 57.3. The van der Waals surface area contributed by atoms with Crippen molar-refractivity contribution in [3.63, 3.8) is 0 Å². The predicted molar refractivity (Wildman–Crippen MR) is 354 cm³/mol. The first kappa shape index (κ1) is 86.1. The summed E-state index contributed by atoms with van der Waals surface area (Å²) in [6, 6.07) is 0. The van der Waals surface area contributed by atoms with E-state index in [-0.39, 0.29) is 25.7 Å². The molecule has 19 heteroatoms. The monoisotopic (exact) mass is 1300 g/mol. The third kappa shape index (κ3) is 62.8. The van der Waals surface area contributed by atoms with E-state index in [1.807, 2.05) is 0 Å². The van der Waals surface area contributed by atoms with Crippen LogP contribution in [-0.2, 0) is 65.4 Å². The van der Waals surface area contributed by atoms with Crippen LogP contribution >= 0.6 is 15.6 Å². The Morgan fingerprint density at radius 3 is 0.705 bits per heavy atom. The number of ether oxygens (including phenoxy) is 4. The van der Waals surface area contributed by atoms with E-state index in [4.69, 9.17) is 37.0 Å². The maximum atomic E-state index is 13.0. The van der Waals surface area contributed by atoms with Crippen molar-refractivity contribution < 1.29 is 80.2 Å². The van der Waals surface area contributed by atoms with Gasteiger partial charge in [0.1, 0.15) is 19.3 Å². The molecule has 0 aromatic heterocycles.